The lowest BCUT2D eigenvalue weighted by Crippen LogP contribution is -2.27. The van der Waals surface area contributed by atoms with Crippen molar-refractivity contribution in [2.75, 3.05) is 30.5 Å². The second-order valence-corrected chi connectivity index (χ2v) is 3.73. The Hall–Kier alpha value is -1.03. The molecule has 0 aliphatic carbocycles. The molecular weight excluding hydrogens is 226 g/mol. The zero-order chi connectivity index (χ0) is 12.0. The summed E-state index contributed by atoms with van der Waals surface area (Å²) in [6, 6.07) is 1.83. The Kier molecular flexibility index (Phi) is 5.32. The normalized spacial score (nSPS) is 10.2. The van der Waals surface area contributed by atoms with Gasteiger partial charge in [0.2, 0.25) is 11.8 Å². The molecule has 5 heteroatoms. The van der Waals surface area contributed by atoms with E-state index in [1.54, 1.807) is 0 Å². The Bertz CT molecular complexity index is 333. The molecule has 1 heterocycles. The molecule has 0 spiro atoms. The van der Waals surface area contributed by atoms with Crippen LogP contribution in [-0.4, -0.2) is 35.5 Å². The van der Waals surface area contributed by atoms with Crippen molar-refractivity contribution in [1.82, 2.24) is 9.97 Å². The first-order chi connectivity index (χ1) is 7.71. The van der Waals surface area contributed by atoms with E-state index in [0.29, 0.717) is 24.3 Å². The van der Waals surface area contributed by atoms with Gasteiger partial charge in [-0.25, -0.2) is 4.98 Å². The number of anilines is 1. The third-order valence-corrected chi connectivity index (χ3v) is 2.30. The summed E-state index contributed by atoms with van der Waals surface area (Å²) in [7, 11) is 0. The molecule has 0 atom stereocenters. The van der Waals surface area contributed by atoms with Crippen molar-refractivity contribution in [3.05, 3.63) is 11.8 Å². The van der Waals surface area contributed by atoms with E-state index >= 15 is 0 Å². The highest BCUT2D eigenvalue weighted by Gasteiger charge is 2.09. The Morgan fingerprint density at radius 1 is 1.38 bits per heavy atom. The van der Waals surface area contributed by atoms with Crippen LogP contribution < -0.4 is 9.64 Å². The summed E-state index contributed by atoms with van der Waals surface area (Å²) in [5.41, 5.74) is 0.904. The van der Waals surface area contributed by atoms with E-state index in [4.69, 9.17) is 16.3 Å². The summed E-state index contributed by atoms with van der Waals surface area (Å²) in [6.07, 6.45) is 0. The monoisotopic (exact) mass is 243 g/mol. The maximum atomic E-state index is 5.74. The molecule has 16 heavy (non-hydrogen) atoms. The Labute approximate surface area is 102 Å². The minimum atomic E-state index is 0.565. The lowest BCUT2D eigenvalue weighted by atomic mass is 10.4. The van der Waals surface area contributed by atoms with Gasteiger partial charge in [-0.1, -0.05) is 0 Å². The number of aryl methyl sites for hydroxylation is 1. The maximum Gasteiger partial charge on any atom is 0.228 e. The minimum absolute atomic E-state index is 0.565. The average Bonchev–Trinajstić information content (AvgIpc) is 2.25. The SMILES string of the molecule is CCOc1cc(C)nc(N(CC)CCCl)n1. The van der Waals surface area contributed by atoms with Gasteiger partial charge in [0.1, 0.15) is 0 Å². The van der Waals surface area contributed by atoms with Crippen molar-refractivity contribution in [3.63, 3.8) is 0 Å². The highest BCUT2D eigenvalue weighted by Crippen LogP contribution is 2.15. The van der Waals surface area contributed by atoms with Gasteiger partial charge in [-0.3, -0.25) is 0 Å². The molecule has 0 fully saturated rings. The number of ether oxygens (including phenoxy) is 1. The van der Waals surface area contributed by atoms with E-state index in [1.807, 2.05) is 24.8 Å². The predicted molar refractivity (Wildman–Crippen MR) is 66.5 cm³/mol. The van der Waals surface area contributed by atoms with Gasteiger partial charge < -0.3 is 9.64 Å². The van der Waals surface area contributed by atoms with E-state index < -0.39 is 0 Å². The van der Waals surface area contributed by atoms with Gasteiger partial charge in [-0.05, 0) is 20.8 Å². The van der Waals surface area contributed by atoms with Crippen LogP contribution in [0.15, 0.2) is 6.07 Å². The molecule has 4 nitrogen and oxygen atoms in total. The van der Waals surface area contributed by atoms with Gasteiger partial charge in [0.05, 0.1) is 6.61 Å². The van der Waals surface area contributed by atoms with Crippen molar-refractivity contribution in [1.29, 1.82) is 0 Å². The van der Waals surface area contributed by atoms with Crippen LogP contribution >= 0.6 is 11.6 Å². The molecule has 0 aliphatic heterocycles. The highest BCUT2D eigenvalue weighted by molar-refractivity contribution is 6.18. The van der Waals surface area contributed by atoms with E-state index in [2.05, 4.69) is 16.9 Å². The molecule has 0 saturated carbocycles. The van der Waals surface area contributed by atoms with E-state index in [9.17, 15) is 0 Å². The lowest BCUT2D eigenvalue weighted by molar-refractivity contribution is 0.326. The first-order valence-corrected chi connectivity index (χ1v) is 6.04. The molecule has 1 aromatic heterocycles. The Morgan fingerprint density at radius 3 is 2.69 bits per heavy atom. The van der Waals surface area contributed by atoms with Gasteiger partial charge in [0, 0.05) is 30.7 Å². The van der Waals surface area contributed by atoms with Crippen LogP contribution in [0.4, 0.5) is 5.95 Å². The molecule has 0 bridgehead atoms. The second kappa shape index (κ2) is 6.53. The van der Waals surface area contributed by atoms with Crippen molar-refractivity contribution in [3.8, 4) is 5.88 Å². The van der Waals surface area contributed by atoms with Crippen molar-refractivity contribution < 1.29 is 4.74 Å². The molecule has 0 radical (unpaired) electrons. The molecule has 1 rings (SSSR count). The minimum Gasteiger partial charge on any atom is -0.478 e. The van der Waals surface area contributed by atoms with Crippen LogP contribution in [0, 0.1) is 6.92 Å². The molecule has 0 amide bonds. The molecule has 0 aromatic carbocycles. The Morgan fingerprint density at radius 2 is 2.12 bits per heavy atom. The van der Waals surface area contributed by atoms with Crippen LogP contribution in [0.1, 0.15) is 19.5 Å². The molecule has 1 aromatic rings. The van der Waals surface area contributed by atoms with Crippen LogP contribution in [0.25, 0.3) is 0 Å². The fraction of sp³-hybridized carbons (Fsp3) is 0.636. The number of hydrogen-bond acceptors (Lipinski definition) is 4. The molecule has 0 aliphatic rings. The van der Waals surface area contributed by atoms with Crippen LogP contribution in [0.2, 0.25) is 0 Å². The zero-order valence-corrected chi connectivity index (χ0v) is 10.8. The first kappa shape index (κ1) is 13.0. The number of nitrogens with zero attached hydrogens (tertiary/aromatic N) is 3. The first-order valence-electron chi connectivity index (χ1n) is 5.50. The summed E-state index contributed by atoms with van der Waals surface area (Å²) in [4.78, 5) is 10.8. The summed E-state index contributed by atoms with van der Waals surface area (Å²) in [5, 5.41) is 0. The molecule has 0 N–H and O–H groups in total. The number of halogens is 1. The molecular formula is C11H18ClN3O. The van der Waals surface area contributed by atoms with E-state index in [1.165, 1.54) is 0 Å². The summed E-state index contributed by atoms with van der Waals surface area (Å²) < 4.78 is 5.39. The third kappa shape index (κ3) is 3.52. The third-order valence-electron chi connectivity index (χ3n) is 2.13. The topological polar surface area (TPSA) is 38.2 Å². The number of aromatic nitrogens is 2. The van der Waals surface area contributed by atoms with Gasteiger partial charge >= 0.3 is 0 Å². The number of rotatable bonds is 6. The van der Waals surface area contributed by atoms with Crippen molar-refractivity contribution in [2.45, 2.75) is 20.8 Å². The smallest absolute Gasteiger partial charge is 0.228 e. The molecule has 0 saturated heterocycles. The van der Waals surface area contributed by atoms with Gasteiger partial charge in [-0.15, -0.1) is 11.6 Å². The lowest BCUT2D eigenvalue weighted by Gasteiger charge is -2.20. The van der Waals surface area contributed by atoms with Gasteiger partial charge in [0.25, 0.3) is 0 Å². The number of alkyl halides is 1. The summed E-state index contributed by atoms with van der Waals surface area (Å²) >= 11 is 5.74. The van der Waals surface area contributed by atoms with Crippen LogP contribution in [0.3, 0.4) is 0 Å². The van der Waals surface area contributed by atoms with E-state index in [-0.39, 0.29) is 0 Å². The van der Waals surface area contributed by atoms with Gasteiger partial charge in [-0.2, -0.15) is 4.98 Å². The van der Waals surface area contributed by atoms with Crippen molar-refractivity contribution in [2.24, 2.45) is 0 Å². The molecule has 0 unspecified atom stereocenters. The quantitative estimate of drug-likeness (QED) is 0.719. The van der Waals surface area contributed by atoms with Crippen LogP contribution in [0.5, 0.6) is 5.88 Å². The zero-order valence-electron chi connectivity index (χ0n) is 10.0. The van der Waals surface area contributed by atoms with E-state index in [0.717, 1.165) is 18.8 Å². The van der Waals surface area contributed by atoms with Gasteiger partial charge in [0.15, 0.2) is 0 Å². The fourth-order valence-electron chi connectivity index (χ4n) is 1.39. The standard InChI is InChI=1S/C11H18ClN3O/c1-4-15(7-6-12)11-13-9(3)8-10(14-11)16-5-2/h8H,4-7H2,1-3H3. The Balaban J connectivity index is 2.92. The fourth-order valence-corrected chi connectivity index (χ4v) is 1.59. The second-order valence-electron chi connectivity index (χ2n) is 3.35. The van der Waals surface area contributed by atoms with Crippen LogP contribution in [-0.2, 0) is 0 Å². The maximum absolute atomic E-state index is 5.74. The average molecular weight is 244 g/mol. The predicted octanol–water partition coefficient (Wildman–Crippen LogP) is 2.25. The summed E-state index contributed by atoms with van der Waals surface area (Å²) in [5.74, 6) is 1.87. The van der Waals surface area contributed by atoms with Crippen molar-refractivity contribution >= 4 is 17.5 Å². The largest absolute Gasteiger partial charge is 0.478 e. The molecule has 90 valence electrons. The highest BCUT2D eigenvalue weighted by atomic mass is 35.5. The number of hydrogen-bond donors (Lipinski definition) is 0. The summed E-state index contributed by atoms with van der Waals surface area (Å²) in [6.45, 7) is 8.11.